The smallest absolute Gasteiger partial charge is 0.270 e. The van der Waals surface area contributed by atoms with Crippen molar-refractivity contribution in [2.24, 2.45) is 0 Å². The zero-order valence-corrected chi connectivity index (χ0v) is 18.8. The molecule has 2 amide bonds. The molecule has 2 N–H and O–H groups in total. The molecule has 0 radical (unpaired) electrons. The summed E-state index contributed by atoms with van der Waals surface area (Å²) in [7, 11) is 0. The molecule has 1 aromatic carbocycles. The monoisotopic (exact) mass is 401 g/mol. The number of piperidine rings is 1. The van der Waals surface area contributed by atoms with Gasteiger partial charge in [-0.3, -0.25) is 9.59 Å². The number of carbonyl (C=O) groups excluding carboxylic acids is 2. The number of fused-ring (bicyclic) bond motifs is 1. The Bertz CT molecular complexity index is 798. The van der Waals surface area contributed by atoms with Gasteiger partial charge in [0.05, 0.1) is 5.69 Å². The van der Waals surface area contributed by atoms with E-state index in [4.69, 9.17) is 4.74 Å². The molecule has 0 spiro atoms. The van der Waals surface area contributed by atoms with Gasteiger partial charge < -0.3 is 20.3 Å². The zero-order chi connectivity index (χ0) is 21.6. The zero-order valence-electron chi connectivity index (χ0n) is 18.8. The molecule has 0 unspecified atom stereocenters. The van der Waals surface area contributed by atoms with Gasteiger partial charge in [0.1, 0.15) is 5.75 Å². The molecule has 29 heavy (non-hydrogen) atoms. The summed E-state index contributed by atoms with van der Waals surface area (Å²) < 4.78 is 5.89. The Balaban J connectivity index is 1.68. The van der Waals surface area contributed by atoms with Crippen LogP contribution in [-0.4, -0.2) is 41.1 Å². The van der Waals surface area contributed by atoms with E-state index in [1.165, 1.54) is 0 Å². The van der Waals surface area contributed by atoms with Crippen molar-refractivity contribution in [3.63, 3.8) is 0 Å². The third-order valence-corrected chi connectivity index (χ3v) is 5.65. The molecule has 1 fully saturated rings. The number of aryl methyl sites for hydroxylation is 1. The lowest BCUT2D eigenvalue weighted by Gasteiger charge is -2.46. The van der Waals surface area contributed by atoms with E-state index in [-0.39, 0.29) is 35.4 Å². The first kappa shape index (κ1) is 21.6. The molecule has 0 aromatic heterocycles. The van der Waals surface area contributed by atoms with Crippen LogP contribution >= 0.6 is 0 Å². The fourth-order valence-corrected chi connectivity index (χ4v) is 4.84. The molecule has 160 valence electrons. The minimum absolute atomic E-state index is 0.0187. The Kier molecular flexibility index (Phi) is 5.45. The van der Waals surface area contributed by atoms with Crippen LogP contribution in [0.2, 0.25) is 0 Å². The molecule has 6 nitrogen and oxygen atoms in total. The number of hydrogen-bond donors (Lipinski definition) is 2. The van der Waals surface area contributed by atoms with Crippen LogP contribution in [0.25, 0.3) is 0 Å². The fraction of sp³-hybridized carbons (Fsp3) is 0.652. The molecule has 6 heteroatoms. The van der Waals surface area contributed by atoms with Crippen molar-refractivity contribution in [3.8, 4) is 5.75 Å². The maximum atomic E-state index is 13.0. The van der Waals surface area contributed by atoms with E-state index in [0.717, 1.165) is 24.1 Å². The van der Waals surface area contributed by atoms with Gasteiger partial charge in [0.2, 0.25) is 5.91 Å². The molecule has 2 aliphatic heterocycles. The van der Waals surface area contributed by atoms with Crippen LogP contribution in [0.5, 0.6) is 5.75 Å². The summed E-state index contributed by atoms with van der Waals surface area (Å²) in [5.41, 5.74) is 0.794. The number of carbonyl (C=O) groups is 2. The summed E-state index contributed by atoms with van der Waals surface area (Å²) in [5.74, 6) is 0.546. The van der Waals surface area contributed by atoms with E-state index in [0.29, 0.717) is 12.3 Å². The van der Waals surface area contributed by atoms with E-state index in [9.17, 15) is 9.59 Å². The number of nitrogens with zero attached hydrogens (tertiary/aromatic N) is 1. The summed E-state index contributed by atoms with van der Waals surface area (Å²) in [4.78, 5) is 27.4. The minimum Gasteiger partial charge on any atom is -0.476 e. The van der Waals surface area contributed by atoms with Gasteiger partial charge in [-0.15, -0.1) is 0 Å². The lowest BCUT2D eigenvalue weighted by atomic mass is 9.79. The summed E-state index contributed by atoms with van der Waals surface area (Å²) in [6.45, 7) is 14.5. The summed E-state index contributed by atoms with van der Waals surface area (Å²) in [5, 5.41) is 6.82. The van der Waals surface area contributed by atoms with Gasteiger partial charge in [0.25, 0.3) is 5.91 Å². The van der Waals surface area contributed by atoms with Gasteiger partial charge in [0, 0.05) is 30.1 Å². The number of benzene rings is 1. The molecule has 3 rings (SSSR count). The predicted molar refractivity (Wildman–Crippen MR) is 115 cm³/mol. The fourth-order valence-electron chi connectivity index (χ4n) is 4.84. The van der Waals surface area contributed by atoms with Crippen molar-refractivity contribution >= 4 is 17.5 Å². The van der Waals surface area contributed by atoms with E-state index in [1.807, 2.05) is 25.1 Å². The number of ether oxygens (including phenoxy) is 1. The molecule has 2 aliphatic rings. The molecule has 0 saturated carbocycles. The summed E-state index contributed by atoms with van der Waals surface area (Å²) >= 11 is 0. The number of hydrogen-bond acceptors (Lipinski definition) is 4. The van der Waals surface area contributed by atoms with Gasteiger partial charge in [-0.2, -0.15) is 0 Å². The Morgan fingerprint density at radius 2 is 1.79 bits per heavy atom. The Morgan fingerprint density at radius 1 is 1.17 bits per heavy atom. The number of amides is 2. The van der Waals surface area contributed by atoms with Crippen molar-refractivity contribution in [1.82, 2.24) is 10.6 Å². The molecule has 0 atom stereocenters. The van der Waals surface area contributed by atoms with Crippen LogP contribution in [0, 0.1) is 6.92 Å². The second-order valence-electron chi connectivity index (χ2n) is 10.4. The van der Waals surface area contributed by atoms with Crippen molar-refractivity contribution in [2.45, 2.75) is 90.4 Å². The van der Waals surface area contributed by atoms with Crippen molar-refractivity contribution in [2.75, 3.05) is 11.4 Å². The molecule has 1 saturated heterocycles. The number of nitrogens with one attached hydrogen (secondary N) is 2. The Labute approximate surface area is 174 Å². The highest BCUT2D eigenvalue weighted by atomic mass is 16.5. The molecule has 0 aliphatic carbocycles. The van der Waals surface area contributed by atoms with Gasteiger partial charge in [-0.25, -0.2) is 0 Å². The molecular formula is C23H35N3O3. The Hall–Kier alpha value is -2.08. The minimum atomic E-state index is -0.943. The molecule has 2 heterocycles. The first-order valence-electron chi connectivity index (χ1n) is 10.5. The largest absolute Gasteiger partial charge is 0.476 e. The van der Waals surface area contributed by atoms with Gasteiger partial charge >= 0.3 is 0 Å². The Morgan fingerprint density at radius 3 is 2.41 bits per heavy atom. The molecule has 0 bridgehead atoms. The average molecular weight is 402 g/mol. The topological polar surface area (TPSA) is 70.7 Å². The maximum absolute atomic E-state index is 13.0. The second-order valence-corrected chi connectivity index (χ2v) is 10.4. The van der Waals surface area contributed by atoms with E-state index in [2.05, 4.69) is 38.3 Å². The van der Waals surface area contributed by atoms with E-state index in [1.54, 1.807) is 18.7 Å². The number of anilines is 1. The second kappa shape index (κ2) is 7.31. The molecule has 1 aromatic rings. The van der Waals surface area contributed by atoms with Crippen molar-refractivity contribution in [1.29, 1.82) is 0 Å². The van der Waals surface area contributed by atoms with Gasteiger partial charge in [-0.05, 0) is 79.0 Å². The highest BCUT2D eigenvalue weighted by Gasteiger charge is 2.41. The number of rotatable bonds is 4. The lowest BCUT2D eigenvalue weighted by Crippen LogP contribution is -2.62. The van der Waals surface area contributed by atoms with Crippen LogP contribution < -0.4 is 20.3 Å². The van der Waals surface area contributed by atoms with Crippen molar-refractivity contribution in [3.05, 3.63) is 23.8 Å². The van der Waals surface area contributed by atoms with Crippen LogP contribution in [0.1, 0.15) is 66.4 Å². The third kappa shape index (κ3) is 4.92. The first-order valence-corrected chi connectivity index (χ1v) is 10.5. The highest BCUT2D eigenvalue weighted by molar-refractivity contribution is 6.02. The van der Waals surface area contributed by atoms with Gasteiger partial charge in [0.15, 0.2) is 5.60 Å². The van der Waals surface area contributed by atoms with Crippen LogP contribution in [-0.2, 0) is 9.59 Å². The van der Waals surface area contributed by atoms with E-state index < -0.39 is 5.60 Å². The summed E-state index contributed by atoms with van der Waals surface area (Å²) in [6, 6.07) is 5.93. The predicted octanol–water partition coefficient (Wildman–Crippen LogP) is 3.31. The normalized spacial score (nSPS) is 22.6. The van der Waals surface area contributed by atoms with Crippen LogP contribution in [0.15, 0.2) is 18.2 Å². The highest BCUT2D eigenvalue weighted by Crippen LogP contribution is 2.38. The average Bonchev–Trinajstić information content (AvgIpc) is 2.53. The van der Waals surface area contributed by atoms with Crippen LogP contribution in [0.4, 0.5) is 5.69 Å². The van der Waals surface area contributed by atoms with Gasteiger partial charge in [-0.1, -0.05) is 6.07 Å². The first-order chi connectivity index (χ1) is 13.3. The quantitative estimate of drug-likeness (QED) is 0.812. The SMILES string of the molecule is Cc1ccc2c(c1)N(CCC(=O)NC1CC(C)(C)NC(C)(C)C1)C(=O)C(C)(C)O2. The maximum Gasteiger partial charge on any atom is 0.270 e. The molecular weight excluding hydrogens is 366 g/mol. The van der Waals surface area contributed by atoms with Crippen LogP contribution in [0.3, 0.4) is 0 Å². The lowest BCUT2D eigenvalue weighted by molar-refractivity contribution is -0.132. The third-order valence-electron chi connectivity index (χ3n) is 5.65. The standard InChI is InChI=1S/C23H35N3O3/c1-15-8-9-18-17(12-15)26(20(28)23(6,7)29-18)11-10-19(27)24-16-13-21(2,3)25-22(4,5)14-16/h8-9,12,16,25H,10-11,13-14H2,1-7H3,(H,24,27). The van der Waals surface area contributed by atoms with E-state index >= 15 is 0 Å². The van der Waals surface area contributed by atoms with Crippen molar-refractivity contribution < 1.29 is 14.3 Å². The summed E-state index contributed by atoms with van der Waals surface area (Å²) in [6.07, 6.45) is 2.03.